The number of thiocarbonyl (C=S) groups is 1. The lowest BCUT2D eigenvalue weighted by Crippen LogP contribution is -2.37. The molecule has 3 aliphatic heterocycles. The van der Waals surface area contributed by atoms with Gasteiger partial charge in [-0.25, -0.2) is 4.98 Å². The number of benzene rings is 1. The van der Waals surface area contributed by atoms with Gasteiger partial charge in [0.05, 0.1) is 23.1 Å². The van der Waals surface area contributed by atoms with Gasteiger partial charge in [0.1, 0.15) is 15.8 Å². The van der Waals surface area contributed by atoms with Crippen LogP contribution < -0.4 is 10.5 Å². The number of pyridine rings is 1. The lowest BCUT2D eigenvalue weighted by Gasteiger charge is -2.33. The van der Waals surface area contributed by atoms with E-state index < -0.39 is 0 Å². The number of carbonyl (C=O) groups is 1. The van der Waals surface area contributed by atoms with E-state index in [0.717, 1.165) is 51.8 Å². The molecule has 7 nitrogen and oxygen atoms in total. The lowest BCUT2D eigenvalue weighted by atomic mass is 9.90. The molecule has 0 N–H and O–H groups in total. The molecule has 38 heavy (non-hydrogen) atoms. The number of carbonyl (C=O) groups excluding carboxylic acids is 1. The number of fused-ring (bicyclic) bond motifs is 1. The zero-order chi connectivity index (χ0) is 26.1. The van der Waals surface area contributed by atoms with Crippen molar-refractivity contribution in [3.63, 3.8) is 0 Å². The molecule has 0 spiro atoms. The van der Waals surface area contributed by atoms with E-state index in [0.29, 0.717) is 38.7 Å². The molecule has 2 aromatic heterocycles. The third kappa shape index (κ3) is 5.15. The number of rotatable bonds is 6. The molecule has 0 saturated carbocycles. The van der Waals surface area contributed by atoms with Crippen molar-refractivity contribution < 1.29 is 9.53 Å². The second-order valence-electron chi connectivity index (χ2n) is 10.1. The van der Waals surface area contributed by atoms with Crippen LogP contribution in [0.1, 0.15) is 36.8 Å². The van der Waals surface area contributed by atoms with Gasteiger partial charge in [0.15, 0.2) is 0 Å². The summed E-state index contributed by atoms with van der Waals surface area (Å²) in [5.74, 6) is 1.07. The van der Waals surface area contributed by atoms with Crippen molar-refractivity contribution >= 4 is 51.7 Å². The van der Waals surface area contributed by atoms with Gasteiger partial charge >= 0.3 is 0 Å². The highest BCUT2D eigenvalue weighted by atomic mass is 32.2. The Kier molecular flexibility index (Phi) is 7.32. The van der Waals surface area contributed by atoms with Crippen molar-refractivity contribution in [1.29, 1.82) is 0 Å². The first-order valence-electron chi connectivity index (χ1n) is 13.2. The predicted octanol–water partition coefficient (Wildman–Crippen LogP) is 4.53. The number of ether oxygens (including phenoxy) is 1. The molecule has 0 unspecified atom stereocenters. The quantitative estimate of drug-likeness (QED) is 0.332. The summed E-state index contributed by atoms with van der Waals surface area (Å²) in [6.45, 7) is 2.81. The number of nitrogens with zero attached hydrogens (tertiary/aromatic N) is 4. The zero-order valence-electron chi connectivity index (χ0n) is 21.1. The number of aromatic nitrogens is 2. The molecule has 3 saturated heterocycles. The molecular formula is C29H30N4O3S2. The molecule has 0 aliphatic carbocycles. The van der Waals surface area contributed by atoms with Crippen LogP contribution in [-0.4, -0.2) is 56.9 Å². The largest absolute Gasteiger partial charge is 0.376 e. The van der Waals surface area contributed by atoms with Crippen molar-refractivity contribution in [1.82, 2.24) is 14.3 Å². The molecule has 3 fully saturated rings. The Bertz CT molecular complexity index is 1440. The Labute approximate surface area is 231 Å². The zero-order valence-corrected chi connectivity index (χ0v) is 22.8. The van der Waals surface area contributed by atoms with Crippen molar-refractivity contribution in [3.8, 4) is 0 Å². The van der Waals surface area contributed by atoms with Crippen molar-refractivity contribution in [2.24, 2.45) is 5.92 Å². The van der Waals surface area contributed by atoms with E-state index in [4.69, 9.17) is 21.9 Å². The van der Waals surface area contributed by atoms with E-state index in [9.17, 15) is 9.59 Å². The Morgan fingerprint density at radius 1 is 1.05 bits per heavy atom. The Hall–Kier alpha value is -3.01. The monoisotopic (exact) mass is 546 g/mol. The molecule has 3 aromatic rings. The topological polar surface area (TPSA) is 67.2 Å². The fraction of sp³-hybridized carbons (Fsp3) is 0.379. The average molecular weight is 547 g/mol. The Balaban J connectivity index is 1.29. The molecule has 3 aliphatic rings. The first-order chi connectivity index (χ1) is 18.6. The minimum atomic E-state index is -0.179. The van der Waals surface area contributed by atoms with Crippen LogP contribution in [-0.2, 0) is 16.0 Å². The van der Waals surface area contributed by atoms with Gasteiger partial charge in [0.25, 0.3) is 11.5 Å². The Morgan fingerprint density at radius 2 is 1.84 bits per heavy atom. The average Bonchev–Trinajstić information content (AvgIpc) is 3.55. The summed E-state index contributed by atoms with van der Waals surface area (Å²) in [6, 6.07) is 16.1. The van der Waals surface area contributed by atoms with Gasteiger partial charge in [-0.3, -0.25) is 18.9 Å². The van der Waals surface area contributed by atoms with Crippen molar-refractivity contribution in [3.05, 3.63) is 81.1 Å². The SMILES string of the molecule is O=C1/C(=C/c2c(N3CCC(Cc4ccccc4)CC3)nc3ccccn3c2=O)SC(=S)N1C[C@@H]1CCCO1. The maximum Gasteiger partial charge on any atom is 0.267 e. The normalized spacial score (nSPS) is 21.8. The van der Waals surface area contributed by atoms with Gasteiger partial charge in [0, 0.05) is 25.9 Å². The number of anilines is 1. The first-order valence-corrected chi connectivity index (χ1v) is 14.5. The number of amides is 1. The van der Waals surface area contributed by atoms with Gasteiger partial charge in [-0.2, -0.15) is 0 Å². The van der Waals surface area contributed by atoms with Crippen molar-refractivity contribution in [2.45, 2.75) is 38.2 Å². The van der Waals surface area contributed by atoms with Gasteiger partial charge in [-0.15, -0.1) is 0 Å². The Morgan fingerprint density at radius 3 is 2.61 bits per heavy atom. The van der Waals surface area contributed by atoms with Crippen LogP contribution >= 0.6 is 24.0 Å². The standard InChI is InChI=1S/C29H30N4O3S2/c34-27-23(18-24-28(35)33(29(37)38-24)19-22-9-6-16-36-22)26(30-25-10-4-5-13-32(25)27)31-14-11-21(12-15-31)17-20-7-2-1-3-8-20/h1-5,7-8,10,13,18,21-22H,6,9,11-12,14-17,19H2/b24-18-/t22-/m0/s1. The van der Waals surface area contributed by atoms with Crippen LogP contribution in [0.15, 0.2) is 64.4 Å². The molecule has 1 amide bonds. The summed E-state index contributed by atoms with van der Waals surface area (Å²) in [7, 11) is 0. The van der Waals surface area contributed by atoms with Gasteiger partial charge in [-0.1, -0.05) is 60.4 Å². The van der Waals surface area contributed by atoms with E-state index in [2.05, 4.69) is 29.2 Å². The molecular weight excluding hydrogens is 516 g/mol. The second-order valence-corrected chi connectivity index (χ2v) is 11.8. The minimum Gasteiger partial charge on any atom is -0.376 e. The lowest BCUT2D eigenvalue weighted by molar-refractivity contribution is -0.123. The molecule has 1 aromatic carbocycles. The molecule has 6 rings (SSSR count). The smallest absolute Gasteiger partial charge is 0.267 e. The van der Waals surface area contributed by atoms with Crippen LogP contribution in [0.4, 0.5) is 5.82 Å². The number of hydrogen-bond acceptors (Lipinski definition) is 7. The highest BCUT2D eigenvalue weighted by molar-refractivity contribution is 8.26. The fourth-order valence-corrected chi connectivity index (χ4v) is 6.79. The van der Waals surface area contributed by atoms with Crippen LogP contribution in [0, 0.1) is 5.92 Å². The van der Waals surface area contributed by atoms with Crippen LogP contribution in [0.5, 0.6) is 0 Å². The third-order valence-electron chi connectivity index (χ3n) is 7.59. The first kappa shape index (κ1) is 25.3. The molecule has 9 heteroatoms. The second kappa shape index (κ2) is 11.0. The van der Waals surface area contributed by atoms with E-state index >= 15 is 0 Å². The number of thioether (sulfide) groups is 1. The van der Waals surface area contributed by atoms with E-state index in [1.54, 1.807) is 21.6 Å². The highest BCUT2D eigenvalue weighted by Gasteiger charge is 2.35. The maximum absolute atomic E-state index is 13.7. The molecule has 1 atom stereocenters. The van der Waals surface area contributed by atoms with Crippen LogP contribution in [0.2, 0.25) is 0 Å². The molecule has 5 heterocycles. The fourth-order valence-electron chi connectivity index (χ4n) is 5.54. The minimum absolute atomic E-state index is 0.0116. The summed E-state index contributed by atoms with van der Waals surface area (Å²) in [4.78, 5) is 36.2. The summed E-state index contributed by atoms with van der Waals surface area (Å²) >= 11 is 6.79. The molecule has 196 valence electrons. The summed E-state index contributed by atoms with van der Waals surface area (Å²) in [5, 5.41) is 0. The molecule has 0 bridgehead atoms. The maximum atomic E-state index is 13.7. The van der Waals surface area contributed by atoms with Crippen LogP contribution in [0.3, 0.4) is 0 Å². The van der Waals surface area contributed by atoms with Gasteiger partial charge in [-0.05, 0) is 61.8 Å². The summed E-state index contributed by atoms with van der Waals surface area (Å²) in [5.41, 5.74) is 2.22. The van der Waals surface area contributed by atoms with Crippen LogP contribution in [0.25, 0.3) is 11.7 Å². The van der Waals surface area contributed by atoms with E-state index in [1.807, 2.05) is 24.3 Å². The summed E-state index contributed by atoms with van der Waals surface area (Å²) < 4.78 is 7.78. The van der Waals surface area contributed by atoms with Gasteiger partial charge < -0.3 is 9.64 Å². The highest BCUT2D eigenvalue weighted by Crippen LogP contribution is 2.35. The number of piperidine rings is 1. The number of hydrogen-bond donors (Lipinski definition) is 0. The molecule has 0 radical (unpaired) electrons. The summed E-state index contributed by atoms with van der Waals surface area (Å²) in [6.07, 6.45) is 8.47. The van der Waals surface area contributed by atoms with E-state index in [-0.39, 0.29) is 17.6 Å². The van der Waals surface area contributed by atoms with Gasteiger partial charge in [0.2, 0.25) is 0 Å². The third-order valence-corrected chi connectivity index (χ3v) is 8.97. The predicted molar refractivity (Wildman–Crippen MR) is 155 cm³/mol. The van der Waals surface area contributed by atoms with E-state index in [1.165, 1.54) is 17.3 Å². The van der Waals surface area contributed by atoms with Crippen molar-refractivity contribution in [2.75, 3.05) is 31.1 Å².